The van der Waals surface area contributed by atoms with Gasteiger partial charge in [0.05, 0.1) is 37.1 Å². The maximum Gasteiger partial charge on any atom is 0.325 e. The predicted octanol–water partition coefficient (Wildman–Crippen LogP) is 4.44. The Balaban J connectivity index is 1.63. The van der Waals surface area contributed by atoms with Gasteiger partial charge in [-0.1, -0.05) is 29.8 Å². The van der Waals surface area contributed by atoms with E-state index >= 15 is 0 Å². The fourth-order valence-electron chi connectivity index (χ4n) is 2.91. The Hall–Kier alpha value is -4.34. The highest BCUT2D eigenvalue weighted by atomic mass is 35.5. The summed E-state index contributed by atoms with van der Waals surface area (Å²) in [7, 11) is 0. The summed E-state index contributed by atoms with van der Waals surface area (Å²) in [5.74, 6) is 0.626. The second-order valence-electron chi connectivity index (χ2n) is 6.70. The molecule has 2 aromatic carbocycles. The molecule has 3 rings (SSSR count). The van der Waals surface area contributed by atoms with Gasteiger partial charge >= 0.3 is 6.03 Å². The van der Waals surface area contributed by atoms with E-state index in [1.54, 1.807) is 18.2 Å². The molecule has 1 heterocycles. The fourth-order valence-corrected chi connectivity index (χ4v) is 3.08. The van der Waals surface area contributed by atoms with Crippen molar-refractivity contribution in [2.24, 2.45) is 0 Å². The molecule has 33 heavy (non-hydrogen) atoms. The standard InChI is InChI=1S/C23H20ClN7O2/c24-17-7-8-21(33-12-11-31(10-4-9-25)19-5-2-1-3-6-19)20(13-17)29-23(32)30-22-16-27-18(14-26)15-28-22/h1-3,5-8,13,15-16H,4,10-12H2,(H2,28,29,30,32). The van der Waals surface area contributed by atoms with Gasteiger partial charge in [0.25, 0.3) is 0 Å². The van der Waals surface area contributed by atoms with Crippen molar-refractivity contribution in [2.75, 3.05) is 35.2 Å². The van der Waals surface area contributed by atoms with Crippen molar-refractivity contribution in [2.45, 2.75) is 6.42 Å². The summed E-state index contributed by atoms with van der Waals surface area (Å²) in [5, 5.41) is 23.4. The van der Waals surface area contributed by atoms with Crippen LogP contribution in [-0.4, -0.2) is 35.7 Å². The van der Waals surface area contributed by atoms with Crippen LogP contribution in [-0.2, 0) is 0 Å². The zero-order valence-electron chi connectivity index (χ0n) is 17.5. The summed E-state index contributed by atoms with van der Waals surface area (Å²) < 4.78 is 5.92. The highest BCUT2D eigenvalue weighted by Crippen LogP contribution is 2.28. The summed E-state index contributed by atoms with van der Waals surface area (Å²) in [5.41, 5.74) is 1.52. The zero-order chi connectivity index (χ0) is 23.5. The lowest BCUT2D eigenvalue weighted by Crippen LogP contribution is -2.29. The first-order valence-electron chi connectivity index (χ1n) is 9.98. The van der Waals surface area contributed by atoms with Crippen molar-refractivity contribution in [1.29, 1.82) is 10.5 Å². The molecule has 166 valence electrons. The van der Waals surface area contributed by atoms with Gasteiger partial charge in [-0.05, 0) is 30.3 Å². The van der Waals surface area contributed by atoms with Gasteiger partial charge in [0.15, 0.2) is 11.5 Å². The van der Waals surface area contributed by atoms with Gasteiger partial charge in [0, 0.05) is 17.3 Å². The summed E-state index contributed by atoms with van der Waals surface area (Å²) in [4.78, 5) is 22.3. The minimum absolute atomic E-state index is 0.144. The van der Waals surface area contributed by atoms with Crippen LogP contribution in [0.3, 0.4) is 0 Å². The molecule has 0 aliphatic carbocycles. The molecule has 0 unspecified atom stereocenters. The Morgan fingerprint density at radius 2 is 1.88 bits per heavy atom. The Labute approximate surface area is 196 Å². The largest absolute Gasteiger partial charge is 0.490 e. The van der Waals surface area contributed by atoms with Crippen LogP contribution in [0, 0.1) is 22.7 Å². The number of para-hydroxylation sites is 1. The number of carbonyl (C=O) groups is 1. The molecule has 0 saturated heterocycles. The molecule has 0 aliphatic heterocycles. The topological polar surface area (TPSA) is 127 Å². The maximum absolute atomic E-state index is 12.4. The molecular formula is C23H20ClN7O2. The maximum atomic E-state index is 12.4. The van der Waals surface area contributed by atoms with Gasteiger partial charge in [-0.15, -0.1) is 0 Å². The van der Waals surface area contributed by atoms with Crippen LogP contribution >= 0.6 is 11.6 Å². The molecule has 2 N–H and O–H groups in total. The lowest BCUT2D eigenvalue weighted by Gasteiger charge is -2.24. The van der Waals surface area contributed by atoms with Gasteiger partial charge in [-0.3, -0.25) is 5.32 Å². The predicted molar refractivity (Wildman–Crippen MR) is 125 cm³/mol. The van der Waals surface area contributed by atoms with Gasteiger partial charge in [0.2, 0.25) is 0 Å². The third kappa shape index (κ3) is 7.10. The fraction of sp³-hybridized carbons (Fsp3) is 0.174. The SMILES string of the molecule is N#CCCN(CCOc1ccc(Cl)cc1NC(=O)Nc1cnc(C#N)cn1)c1ccccc1. The molecule has 0 aliphatic rings. The first-order valence-corrected chi connectivity index (χ1v) is 10.4. The van der Waals surface area contributed by atoms with Crippen LogP contribution in [0.5, 0.6) is 5.75 Å². The molecule has 0 bridgehead atoms. The number of halogens is 1. The van der Waals surface area contributed by atoms with Crippen LogP contribution in [0.2, 0.25) is 5.02 Å². The van der Waals surface area contributed by atoms with Gasteiger partial charge < -0.3 is 15.0 Å². The number of rotatable bonds is 9. The highest BCUT2D eigenvalue weighted by molar-refractivity contribution is 6.31. The lowest BCUT2D eigenvalue weighted by molar-refractivity contribution is 0.261. The number of hydrogen-bond donors (Lipinski definition) is 2. The molecule has 0 atom stereocenters. The summed E-state index contributed by atoms with van der Waals surface area (Å²) >= 11 is 6.10. The molecule has 0 spiro atoms. The monoisotopic (exact) mass is 461 g/mol. The quantitative estimate of drug-likeness (QED) is 0.482. The number of aromatic nitrogens is 2. The first-order chi connectivity index (χ1) is 16.1. The van der Waals surface area contributed by atoms with Gasteiger partial charge in [-0.2, -0.15) is 10.5 Å². The third-order valence-corrected chi connectivity index (χ3v) is 4.67. The molecule has 1 aromatic heterocycles. The van der Waals surface area contributed by atoms with Crippen molar-refractivity contribution in [1.82, 2.24) is 9.97 Å². The van der Waals surface area contributed by atoms with Crippen LogP contribution in [0.1, 0.15) is 12.1 Å². The average molecular weight is 462 g/mol. The van der Waals surface area contributed by atoms with Crippen LogP contribution in [0.25, 0.3) is 0 Å². The summed E-state index contributed by atoms with van der Waals surface area (Å²) in [6, 6.07) is 18.1. The van der Waals surface area contributed by atoms with E-state index in [0.717, 1.165) is 5.69 Å². The second-order valence-corrected chi connectivity index (χ2v) is 7.13. The normalized spacial score (nSPS) is 9.91. The molecule has 2 amide bonds. The zero-order valence-corrected chi connectivity index (χ0v) is 18.3. The minimum atomic E-state index is -0.568. The number of amides is 2. The number of ether oxygens (including phenoxy) is 1. The van der Waals surface area contributed by atoms with Crippen molar-refractivity contribution in [3.63, 3.8) is 0 Å². The summed E-state index contributed by atoms with van der Waals surface area (Å²) in [6.07, 6.45) is 2.93. The van der Waals surface area contributed by atoms with Crippen molar-refractivity contribution in [3.8, 4) is 17.9 Å². The average Bonchev–Trinajstić information content (AvgIpc) is 2.83. The van der Waals surface area contributed by atoms with E-state index in [0.29, 0.717) is 42.6 Å². The van der Waals surface area contributed by atoms with Crippen molar-refractivity contribution >= 4 is 34.8 Å². The molecule has 9 nitrogen and oxygen atoms in total. The molecule has 3 aromatic rings. The first kappa shape index (κ1) is 23.3. The number of nitriles is 2. The van der Waals surface area contributed by atoms with Crippen LogP contribution in [0.15, 0.2) is 60.9 Å². The van der Waals surface area contributed by atoms with E-state index in [9.17, 15) is 4.79 Å². The van der Waals surface area contributed by atoms with Gasteiger partial charge in [-0.25, -0.2) is 14.8 Å². The number of nitrogens with zero attached hydrogens (tertiary/aromatic N) is 5. The molecule has 0 fully saturated rings. The van der Waals surface area contributed by atoms with E-state index < -0.39 is 6.03 Å². The Morgan fingerprint density at radius 3 is 2.58 bits per heavy atom. The van der Waals surface area contributed by atoms with Crippen molar-refractivity contribution in [3.05, 3.63) is 71.6 Å². The second kappa shape index (κ2) is 11.9. The van der Waals surface area contributed by atoms with E-state index in [1.807, 2.05) is 36.4 Å². The molecule has 0 saturated carbocycles. The van der Waals surface area contributed by atoms with Crippen molar-refractivity contribution < 1.29 is 9.53 Å². The third-order valence-electron chi connectivity index (χ3n) is 4.43. The van der Waals surface area contributed by atoms with Crippen LogP contribution < -0.4 is 20.3 Å². The lowest BCUT2D eigenvalue weighted by atomic mass is 10.2. The van der Waals surface area contributed by atoms with E-state index in [2.05, 4.69) is 31.6 Å². The number of nitrogens with one attached hydrogen (secondary N) is 2. The molecule has 0 radical (unpaired) electrons. The number of hydrogen-bond acceptors (Lipinski definition) is 7. The molecular weight excluding hydrogens is 442 g/mol. The number of carbonyl (C=O) groups excluding carboxylic acids is 1. The highest BCUT2D eigenvalue weighted by Gasteiger charge is 2.12. The smallest absolute Gasteiger partial charge is 0.325 e. The number of benzene rings is 2. The Bertz CT molecular complexity index is 1160. The van der Waals surface area contributed by atoms with E-state index in [-0.39, 0.29) is 11.5 Å². The molecule has 10 heteroatoms. The minimum Gasteiger partial charge on any atom is -0.490 e. The van der Waals surface area contributed by atoms with Crippen LogP contribution in [0.4, 0.5) is 22.0 Å². The summed E-state index contributed by atoms with van der Waals surface area (Å²) in [6.45, 7) is 1.43. The number of urea groups is 1. The Morgan fingerprint density at radius 1 is 1.06 bits per heavy atom. The Kier molecular flexibility index (Phi) is 8.41. The number of anilines is 3. The van der Waals surface area contributed by atoms with E-state index in [4.69, 9.17) is 26.9 Å². The van der Waals surface area contributed by atoms with E-state index in [1.165, 1.54) is 12.4 Å². The van der Waals surface area contributed by atoms with Gasteiger partial charge in [0.1, 0.15) is 18.4 Å².